The minimum absolute atomic E-state index is 0.507. The highest BCUT2D eigenvalue weighted by atomic mass is 35.5. The molecule has 0 saturated heterocycles. The van der Waals surface area contributed by atoms with Gasteiger partial charge in [-0.05, 0) is 34.4 Å². The molecule has 1 rings (SSSR count). The quantitative estimate of drug-likeness (QED) is 0.844. The van der Waals surface area contributed by atoms with E-state index in [-0.39, 0.29) is 0 Å². The monoisotopic (exact) mass is 272 g/mol. The fourth-order valence-corrected chi connectivity index (χ4v) is 2.16. The van der Waals surface area contributed by atoms with Crippen molar-refractivity contribution in [3.63, 3.8) is 0 Å². The first kappa shape index (κ1) is 15.5. The van der Waals surface area contributed by atoms with Gasteiger partial charge in [0.05, 0.1) is 10.7 Å². The summed E-state index contributed by atoms with van der Waals surface area (Å²) in [5.41, 5.74) is 7.66. The highest BCUT2D eigenvalue weighted by molar-refractivity contribution is 6.44. The van der Waals surface area contributed by atoms with E-state index in [0.717, 1.165) is 31.8 Å². The minimum Gasteiger partial charge on any atom is -0.400 e. The van der Waals surface area contributed by atoms with Crippen LogP contribution >= 0.6 is 11.6 Å². The van der Waals surface area contributed by atoms with E-state index in [2.05, 4.69) is 23.7 Å². The molecule has 2 N–H and O–H groups in total. The fraction of sp³-hybridized carbons (Fsp3) is 0.769. The van der Waals surface area contributed by atoms with Crippen molar-refractivity contribution in [3.8, 4) is 0 Å². The second-order valence-corrected chi connectivity index (χ2v) is 5.70. The van der Waals surface area contributed by atoms with E-state index in [1.54, 1.807) is 0 Å². The van der Waals surface area contributed by atoms with Gasteiger partial charge in [-0.1, -0.05) is 11.6 Å². The molecule has 0 fully saturated rings. The average molecular weight is 273 g/mol. The number of rotatable bonds is 4. The van der Waals surface area contributed by atoms with Crippen molar-refractivity contribution < 1.29 is 0 Å². The third-order valence-corrected chi connectivity index (χ3v) is 3.47. The average Bonchev–Trinajstić information content (AvgIpc) is 2.52. The van der Waals surface area contributed by atoms with Gasteiger partial charge in [0, 0.05) is 37.9 Å². The number of halogens is 1. The molecule has 0 spiro atoms. The van der Waals surface area contributed by atoms with Crippen LogP contribution in [0.3, 0.4) is 0 Å². The van der Waals surface area contributed by atoms with Crippen LogP contribution in [-0.4, -0.2) is 61.8 Å². The molecule has 1 heterocycles. The highest BCUT2D eigenvalue weighted by Gasteiger charge is 2.18. The fourth-order valence-electron chi connectivity index (χ4n) is 1.98. The predicted octanol–water partition coefficient (Wildman–Crippen LogP) is 1.51. The Hall–Kier alpha value is -0.580. The van der Waals surface area contributed by atoms with E-state index in [1.807, 2.05) is 19.0 Å². The number of nitrogens with zero attached hydrogens (tertiary/aromatic N) is 3. The Balaban J connectivity index is 2.82. The summed E-state index contributed by atoms with van der Waals surface area (Å²) < 4.78 is 0. The standard InChI is InChI=1S/C13H25ClN4/c1-10(2)18-7-5-6-16-12(9-18)13(14)11(15)8-17(3)4/h10H,5-9,15H2,1-4H3/b13-11+. The van der Waals surface area contributed by atoms with Gasteiger partial charge in [-0.15, -0.1) is 0 Å². The number of likely N-dealkylation sites (N-methyl/N-ethyl adjacent to an activating group) is 1. The summed E-state index contributed by atoms with van der Waals surface area (Å²) in [7, 11) is 3.96. The number of hydrogen-bond acceptors (Lipinski definition) is 4. The Morgan fingerprint density at radius 3 is 2.72 bits per heavy atom. The Kier molecular flexibility index (Phi) is 6.12. The van der Waals surface area contributed by atoms with Gasteiger partial charge in [0.25, 0.3) is 0 Å². The molecule has 0 aliphatic carbocycles. The van der Waals surface area contributed by atoms with Crippen molar-refractivity contribution in [2.45, 2.75) is 26.3 Å². The van der Waals surface area contributed by atoms with Crippen molar-refractivity contribution in [2.75, 3.05) is 40.3 Å². The molecule has 0 atom stereocenters. The Morgan fingerprint density at radius 1 is 1.50 bits per heavy atom. The van der Waals surface area contributed by atoms with E-state index in [0.29, 0.717) is 23.3 Å². The third kappa shape index (κ3) is 4.59. The molecule has 1 aliphatic heterocycles. The van der Waals surface area contributed by atoms with Gasteiger partial charge >= 0.3 is 0 Å². The Bertz CT molecular complexity index is 334. The molecular formula is C13H25ClN4. The first-order valence-corrected chi connectivity index (χ1v) is 6.86. The molecule has 1 aliphatic rings. The van der Waals surface area contributed by atoms with Crippen LogP contribution in [0, 0.1) is 0 Å². The minimum atomic E-state index is 0.507. The maximum atomic E-state index is 6.37. The molecule has 4 nitrogen and oxygen atoms in total. The summed E-state index contributed by atoms with van der Waals surface area (Å²) in [6.07, 6.45) is 1.08. The lowest BCUT2D eigenvalue weighted by atomic mass is 10.2. The molecule has 0 aromatic rings. The zero-order chi connectivity index (χ0) is 13.7. The molecule has 0 aromatic heterocycles. The van der Waals surface area contributed by atoms with Crippen molar-refractivity contribution >= 4 is 17.3 Å². The van der Waals surface area contributed by atoms with Crippen molar-refractivity contribution in [1.82, 2.24) is 9.80 Å². The highest BCUT2D eigenvalue weighted by Crippen LogP contribution is 2.14. The molecule has 5 heteroatoms. The summed E-state index contributed by atoms with van der Waals surface area (Å²) in [5, 5.41) is 0.635. The van der Waals surface area contributed by atoms with Crippen LogP contribution in [0.5, 0.6) is 0 Å². The maximum Gasteiger partial charge on any atom is 0.0830 e. The van der Waals surface area contributed by atoms with Crippen LogP contribution in [0.15, 0.2) is 15.7 Å². The molecular weight excluding hydrogens is 248 g/mol. The first-order valence-electron chi connectivity index (χ1n) is 6.48. The molecule has 104 valence electrons. The summed E-state index contributed by atoms with van der Waals surface area (Å²) in [5.74, 6) is 0. The second-order valence-electron chi connectivity index (χ2n) is 5.32. The Labute approximate surface area is 115 Å². The van der Waals surface area contributed by atoms with Crippen LogP contribution in [0.4, 0.5) is 0 Å². The second kappa shape index (κ2) is 7.12. The van der Waals surface area contributed by atoms with E-state index < -0.39 is 0 Å². The van der Waals surface area contributed by atoms with Gasteiger partial charge < -0.3 is 10.6 Å². The van der Waals surface area contributed by atoms with E-state index in [9.17, 15) is 0 Å². The lowest BCUT2D eigenvalue weighted by Gasteiger charge is -2.25. The van der Waals surface area contributed by atoms with Gasteiger partial charge in [-0.3, -0.25) is 9.89 Å². The molecule has 0 amide bonds. The lowest BCUT2D eigenvalue weighted by Crippen LogP contribution is -2.36. The topological polar surface area (TPSA) is 44.9 Å². The zero-order valence-corrected chi connectivity index (χ0v) is 12.7. The zero-order valence-electron chi connectivity index (χ0n) is 11.9. The molecule has 18 heavy (non-hydrogen) atoms. The summed E-state index contributed by atoms with van der Waals surface area (Å²) in [4.78, 5) is 8.97. The first-order chi connectivity index (χ1) is 8.41. The van der Waals surface area contributed by atoms with E-state index >= 15 is 0 Å². The van der Waals surface area contributed by atoms with Gasteiger partial charge in [-0.2, -0.15) is 0 Å². The number of aliphatic imine (C=N–C) groups is 1. The summed E-state index contributed by atoms with van der Waals surface area (Å²) in [6, 6.07) is 0.507. The third-order valence-electron chi connectivity index (χ3n) is 3.01. The van der Waals surface area contributed by atoms with Gasteiger partial charge in [-0.25, -0.2) is 0 Å². The maximum absolute atomic E-state index is 6.37. The van der Waals surface area contributed by atoms with E-state index in [4.69, 9.17) is 17.3 Å². The normalized spacial score (nSPS) is 19.8. The van der Waals surface area contributed by atoms with Crippen LogP contribution in [0.25, 0.3) is 0 Å². The smallest absolute Gasteiger partial charge is 0.0830 e. The van der Waals surface area contributed by atoms with Gasteiger partial charge in [0.2, 0.25) is 0 Å². The van der Waals surface area contributed by atoms with Crippen LogP contribution in [0.2, 0.25) is 0 Å². The van der Waals surface area contributed by atoms with Crippen molar-refractivity contribution in [1.29, 1.82) is 0 Å². The van der Waals surface area contributed by atoms with Crippen LogP contribution in [-0.2, 0) is 0 Å². The van der Waals surface area contributed by atoms with Gasteiger partial charge in [0.15, 0.2) is 0 Å². The van der Waals surface area contributed by atoms with E-state index in [1.165, 1.54) is 0 Å². The Morgan fingerprint density at radius 2 is 2.17 bits per heavy atom. The largest absolute Gasteiger partial charge is 0.400 e. The number of hydrogen-bond donors (Lipinski definition) is 1. The molecule has 0 bridgehead atoms. The van der Waals surface area contributed by atoms with Gasteiger partial charge in [0.1, 0.15) is 0 Å². The summed E-state index contributed by atoms with van der Waals surface area (Å²) in [6.45, 7) is 7.77. The summed E-state index contributed by atoms with van der Waals surface area (Å²) >= 11 is 6.37. The van der Waals surface area contributed by atoms with Crippen molar-refractivity contribution in [3.05, 3.63) is 10.7 Å². The number of nitrogens with two attached hydrogens (primary N) is 1. The lowest BCUT2D eigenvalue weighted by molar-refractivity contribution is 0.257. The molecule has 0 aromatic carbocycles. The molecule has 0 radical (unpaired) electrons. The molecule has 0 saturated carbocycles. The van der Waals surface area contributed by atoms with Crippen LogP contribution < -0.4 is 5.73 Å². The predicted molar refractivity (Wildman–Crippen MR) is 79.2 cm³/mol. The van der Waals surface area contributed by atoms with Crippen molar-refractivity contribution in [2.24, 2.45) is 10.7 Å². The molecule has 0 unspecified atom stereocenters. The van der Waals surface area contributed by atoms with Crippen LogP contribution in [0.1, 0.15) is 20.3 Å². The SMILES string of the molecule is CC(C)N1CCCN=C(/C(Cl)=C(\N)CN(C)C)C1.